The zero-order valence-electron chi connectivity index (χ0n) is 9.85. The second-order valence-corrected chi connectivity index (χ2v) is 4.30. The number of nitrogens with zero attached hydrogens (tertiary/aromatic N) is 1. The molecule has 0 aliphatic rings. The monoisotopic (exact) mass is 223 g/mol. The number of H-pyrrole nitrogens is 1. The number of hydrogen-bond acceptors (Lipinski definition) is 0. The van der Waals surface area contributed by atoms with Crippen LogP contribution in [0.5, 0.6) is 0 Å². The maximum absolute atomic E-state index is 3.41. The minimum atomic E-state index is 0.913. The van der Waals surface area contributed by atoms with Gasteiger partial charge in [-0.05, 0) is 17.7 Å². The normalized spacial score (nSPS) is 10.9. The van der Waals surface area contributed by atoms with Gasteiger partial charge in [0.15, 0.2) is 11.0 Å². The Morgan fingerprint density at radius 3 is 2.47 bits per heavy atom. The number of aromatic nitrogens is 2. The van der Waals surface area contributed by atoms with Gasteiger partial charge in [-0.25, -0.2) is 9.55 Å². The van der Waals surface area contributed by atoms with Crippen molar-refractivity contribution in [2.75, 3.05) is 0 Å². The summed E-state index contributed by atoms with van der Waals surface area (Å²) < 4.78 is 2.31. The topological polar surface area (TPSA) is 19.7 Å². The molecule has 0 saturated heterocycles. The van der Waals surface area contributed by atoms with E-state index < -0.39 is 0 Å². The molecule has 2 aromatic carbocycles. The molecule has 0 fully saturated rings. The molecule has 0 atom stereocenters. The Labute approximate surface area is 101 Å². The van der Waals surface area contributed by atoms with E-state index in [0.717, 1.165) is 6.54 Å². The van der Waals surface area contributed by atoms with Gasteiger partial charge in [-0.2, -0.15) is 0 Å². The molecule has 0 radical (unpaired) electrons. The zero-order valence-corrected chi connectivity index (χ0v) is 9.85. The molecule has 0 aliphatic carbocycles. The number of nitrogens with one attached hydrogen (secondary N) is 1. The van der Waals surface area contributed by atoms with E-state index in [9.17, 15) is 0 Å². The number of hydrogen-bond donors (Lipinski definition) is 1. The first-order valence-electron chi connectivity index (χ1n) is 5.86. The van der Waals surface area contributed by atoms with Gasteiger partial charge in [0.1, 0.15) is 6.54 Å². The van der Waals surface area contributed by atoms with Crippen LogP contribution in [-0.4, -0.2) is 4.98 Å². The highest BCUT2D eigenvalue weighted by Gasteiger charge is 2.13. The first-order chi connectivity index (χ1) is 8.34. The number of para-hydroxylation sites is 2. The van der Waals surface area contributed by atoms with Gasteiger partial charge in [-0.1, -0.05) is 42.5 Å². The molecule has 3 aromatic rings. The summed E-state index contributed by atoms with van der Waals surface area (Å²) in [6.07, 6.45) is 0. The summed E-state index contributed by atoms with van der Waals surface area (Å²) in [4.78, 5) is 3.41. The van der Waals surface area contributed by atoms with Crippen LogP contribution < -0.4 is 4.57 Å². The Hall–Kier alpha value is -2.09. The third-order valence-electron chi connectivity index (χ3n) is 3.10. The predicted molar refractivity (Wildman–Crippen MR) is 68.8 cm³/mol. The molecule has 3 rings (SSSR count). The quantitative estimate of drug-likeness (QED) is 0.645. The molecule has 0 amide bonds. The van der Waals surface area contributed by atoms with E-state index in [1.165, 1.54) is 22.4 Å². The summed E-state index contributed by atoms with van der Waals surface area (Å²) >= 11 is 0. The van der Waals surface area contributed by atoms with Gasteiger partial charge in [-0.15, -0.1) is 0 Å². The van der Waals surface area contributed by atoms with Crippen LogP contribution >= 0.6 is 0 Å². The van der Waals surface area contributed by atoms with E-state index in [1.807, 2.05) is 0 Å². The van der Waals surface area contributed by atoms with Crippen LogP contribution in [0.1, 0.15) is 11.4 Å². The van der Waals surface area contributed by atoms with E-state index in [0.29, 0.717) is 0 Å². The number of rotatable bonds is 2. The van der Waals surface area contributed by atoms with Crippen LogP contribution in [0.2, 0.25) is 0 Å². The Morgan fingerprint density at radius 1 is 0.941 bits per heavy atom. The lowest BCUT2D eigenvalue weighted by Crippen LogP contribution is -2.36. The van der Waals surface area contributed by atoms with Crippen molar-refractivity contribution in [1.82, 2.24) is 4.98 Å². The molecule has 0 unspecified atom stereocenters. The van der Waals surface area contributed by atoms with E-state index in [2.05, 4.69) is 71.1 Å². The Balaban J connectivity index is 2.08. The van der Waals surface area contributed by atoms with Gasteiger partial charge < -0.3 is 0 Å². The van der Waals surface area contributed by atoms with Crippen molar-refractivity contribution in [3.63, 3.8) is 0 Å². The summed E-state index contributed by atoms with van der Waals surface area (Å²) in [6, 6.07) is 19.0. The fourth-order valence-corrected chi connectivity index (χ4v) is 2.23. The average molecular weight is 223 g/mol. The highest BCUT2D eigenvalue weighted by molar-refractivity contribution is 5.70. The standard InChI is InChI=1S/C15H14N2/c1-12-16-14-9-5-6-10-15(14)17(12)11-13-7-3-2-4-8-13/h2-10H,11H2,1H3/p+1. The Kier molecular flexibility index (Phi) is 2.41. The van der Waals surface area contributed by atoms with Gasteiger partial charge in [0, 0.05) is 6.92 Å². The number of fused-ring (bicyclic) bond motifs is 1. The predicted octanol–water partition coefficient (Wildman–Crippen LogP) is 2.81. The molecule has 0 bridgehead atoms. The van der Waals surface area contributed by atoms with Gasteiger partial charge >= 0.3 is 0 Å². The lowest BCUT2D eigenvalue weighted by atomic mass is 10.2. The molecule has 17 heavy (non-hydrogen) atoms. The van der Waals surface area contributed by atoms with E-state index in [4.69, 9.17) is 0 Å². The molecule has 84 valence electrons. The number of benzene rings is 2. The molecular weight excluding hydrogens is 208 g/mol. The van der Waals surface area contributed by atoms with E-state index in [1.54, 1.807) is 0 Å². The summed E-state index contributed by atoms with van der Waals surface area (Å²) in [6.45, 7) is 3.03. The maximum atomic E-state index is 3.41. The van der Waals surface area contributed by atoms with Crippen molar-refractivity contribution in [2.24, 2.45) is 0 Å². The third-order valence-corrected chi connectivity index (χ3v) is 3.10. The molecule has 1 heterocycles. The van der Waals surface area contributed by atoms with Crippen LogP contribution in [0.25, 0.3) is 11.0 Å². The average Bonchev–Trinajstić information content (AvgIpc) is 2.68. The highest BCUT2D eigenvalue weighted by Crippen LogP contribution is 2.09. The van der Waals surface area contributed by atoms with Crippen LogP contribution in [-0.2, 0) is 6.54 Å². The van der Waals surface area contributed by atoms with Crippen LogP contribution in [0.3, 0.4) is 0 Å². The van der Waals surface area contributed by atoms with Crippen LogP contribution in [0, 0.1) is 6.92 Å². The van der Waals surface area contributed by atoms with Crippen molar-refractivity contribution >= 4 is 11.0 Å². The van der Waals surface area contributed by atoms with Crippen molar-refractivity contribution in [3.05, 3.63) is 66.0 Å². The van der Waals surface area contributed by atoms with Crippen LogP contribution in [0.15, 0.2) is 54.6 Å². The van der Waals surface area contributed by atoms with Crippen molar-refractivity contribution < 1.29 is 4.57 Å². The number of aromatic amines is 1. The lowest BCUT2D eigenvalue weighted by molar-refractivity contribution is -0.668. The van der Waals surface area contributed by atoms with Crippen molar-refractivity contribution in [3.8, 4) is 0 Å². The van der Waals surface area contributed by atoms with Crippen molar-refractivity contribution in [1.29, 1.82) is 0 Å². The zero-order chi connectivity index (χ0) is 11.7. The van der Waals surface area contributed by atoms with Gasteiger partial charge in [0.2, 0.25) is 0 Å². The summed E-state index contributed by atoms with van der Waals surface area (Å²) in [5, 5.41) is 0. The third kappa shape index (κ3) is 1.82. The second-order valence-electron chi connectivity index (χ2n) is 4.30. The molecule has 2 nitrogen and oxygen atoms in total. The first kappa shape index (κ1) is 10.1. The summed E-state index contributed by atoms with van der Waals surface area (Å²) in [5.41, 5.74) is 3.78. The van der Waals surface area contributed by atoms with Crippen molar-refractivity contribution in [2.45, 2.75) is 13.5 Å². The molecule has 2 heteroatoms. The highest BCUT2D eigenvalue weighted by atomic mass is 15.1. The maximum Gasteiger partial charge on any atom is 0.252 e. The van der Waals surface area contributed by atoms with Gasteiger partial charge in [0.05, 0.1) is 0 Å². The number of imidazole rings is 1. The fourth-order valence-electron chi connectivity index (χ4n) is 2.23. The minimum absolute atomic E-state index is 0.913. The largest absolute Gasteiger partial charge is 0.252 e. The van der Waals surface area contributed by atoms with E-state index >= 15 is 0 Å². The fraction of sp³-hybridized carbons (Fsp3) is 0.133. The SMILES string of the molecule is Cc1[nH]c2ccccc2[n+]1Cc1ccccc1. The molecule has 0 spiro atoms. The smallest absolute Gasteiger partial charge is 0.241 e. The molecule has 1 N–H and O–H groups in total. The molecule has 0 aliphatic heterocycles. The molecule has 0 saturated carbocycles. The lowest BCUT2D eigenvalue weighted by Gasteiger charge is -2.00. The molecular formula is C15H15N2+. The Morgan fingerprint density at radius 2 is 1.65 bits per heavy atom. The van der Waals surface area contributed by atoms with Gasteiger partial charge in [-0.3, -0.25) is 0 Å². The summed E-state index contributed by atoms with van der Waals surface area (Å²) in [7, 11) is 0. The first-order valence-corrected chi connectivity index (χ1v) is 5.86. The number of aryl methyl sites for hydroxylation is 1. The Bertz CT molecular complexity index is 638. The summed E-state index contributed by atoms with van der Waals surface area (Å²) in [5.74, 6) is 1.19. The van der Waals surface area contributed by atoms with E-state index in [-0.39, 0.29) is 0 Å². The van der Waals surface area contributed by atoms with Gasteiger partial charge in [0.25, 0.3) is 5.82 Å². The molecule has 1 aromatic heterocycles. The second kappa shape index (κ2) is 4.06. The van der Waals surface area contributed by atoms with Crippen LogP contribution in [0.4, 0.5) is 0 Å². The minimum Gasteiger partial charge on any atom is -0.241 e.